The van der Waals surface area contributed by atoms with Gasteiger partial charge in [0.15, 0.2) is 0 Å². The second-order valence-electron chi connectivity index (χ2n) is 2.43. The normalized spacial score (nSPS) is 12.8. The molecule has 0 fully saturated rings. The first-order valence-corrected chi connectivity index (χ1v) is 6.35. The number of hydrogen-bond donors (Lipinski definition) is 1. The quantitative estimate of drug-likeness (QED) is 0.624. The molecule has 0 aliphatic rings. The fraction of sp³-hybridized carbons (Fsp3) is 0.333. The van der Waals surface area contributed by atoms with Crippen LogP contribution in [0.4, 0.5) is 0 Å². The SMILES string of the molecule is O[C@H](CCl)C[Se]c1ccccc1. The van der Waals surface area contributed by atoms with Crippen molar-refractivity contribution in [3.8, 4) is 0 Å². The zero-order valence-electron chi connectivity index (χ0n) is 6.61. The first-order valence-electron chi connectivity index (χ1n) is 3.75. The first kappa shape index (κ1) is 10.1. The summed E-state index contributed by atoms with van der Waals surface area (Å²) in [4.78, 5) is 0. The zero-order valence-corrected chi connectivity index (χ0v) is 9.08. The Bertz CT molecular complexity index is 215. The molecule has 0 saturated carbocycles. The van der Waals surface area contributed by atoms with Crippen molar-refractivity contribution in [3.63, 3.8) is 0 Å². The molecule has 0 spiro atoms. The molecule has 0 saturated heterocycles. The summed E-state index contributed by atoms with van der Waals surface area (Å²) in [6.45, 7) is 0. The van der Waals surface area contributed by atoms with Crippen LogP contribution in [0.1, 0.15) is 0 Å². The van der Waals surface area contributed by atoms with Crippen molar-refractivity contribution < 1.29 is 5.11 Å². The minimum atomic E-state index is -0.341. The average molecular weight is 250 g/mol. The molecular formula is C9H11ClOSe. The van der Waals surface area contributed by atoms with E-state index in [1.54, 1.807) is 0 Å². The summed E-state index contributed by atoms with van der Waals surface area (Å²) in [5, 5.41) is 10.0. The Hall–Kier alpha value is -0.0105. The van der Waals surface area contributed by atoms with Gasteiger partial charge >= 0.3 is 83.8 Å². The minimum absolute atomic E-state index is 0.341. The molecule has 0 amide bonds. The third-order valence-corrected chi connectivity index (χ3v) is 4.15. The molecule has 1 atom stereocenters. The van der Waals surface area contributed by atoms with E-state index in [2.05, 4.69) is 12.1 Å². The van der Waals surface area contributed by atoms with Crippen molar-refractivity contribution in [2.45, 2.75) is 11.4 Å². The van der Waals surface area contributed by atoms with Gasteiger partial charge in [-0.1, -0.05) is 0 Å². The molecule has 0 unspecified atom stereocenters. The molecule has 3 heteroatoms. The predicted molar refractivity (Wildman–Crippen MR) is 53.4 cm³/mol. The zero-order chi connectivity index (χ0) is 8.81. The van der Waals surface area contributed by atoms with Crippen molar-refractivity contribution in [2.75, 3.05) is 5.88 Å². The summed E-state index contributed by atoms with van der Waals surface area (Å²) in [6, 6.07) is 10.2. The van der Waals surface area contributed by atoms with Gasteiger partial charge in [-0.15, -0.1) is 0 Å². The number of aliphatic hydroxyl groups excluding tert-OH is 1. The fourth-order valence-electron chi connectivity index (χ4n) is 0.754. The predicted octanol–water partition coefficient (Wildman–Crippen LogP) is 1.03. The van der Waals surface area contributed by atoms with Crippen LogP contribution in [0.15, 0.2) is 30.3 Å². The number of hydrogen-bond acceptors (Lipinski definition) is 1. The van der Waals surface area contributed by atoms with E-state index in [0.717, 1.165) is 5.32 Å². The fourth-order valence-corrected chi connectivity index (χ4v) is 2.94. The number of benzene rings is 1. The van der Waals surface area contributed by atoms with Crippen LogP contribution in [0.3, 0.4) is 0 Å². The molecule has 1 aromatic carbocycles. The summed E-state index contributed by atoms with van der Waals surface area (Å²) in [7, 11) is 0. The molecule has 0 heterocycles. The molecular weight excluding hydrogens is 239 g/mol. The number of halogens is 1. The van der Waals surface area contributed by atoms with E-state index in [9.17, 15) is 5.11 Å². The molecule has 0 aliphatic heterocycles. The van der Waals surface area contributed by atoms with Gasteiger partial charge in [0, 0.05) is 0 Å². The van der Waals surface area contributed by atoms with Crippen molar-refractivity contribution in [3.05, 3.63) is 30.3 Å². The van der Waals surface area contributed by atoms with Crippen LogP contribution in [-0.4, -0.2) is 32.0 Å². The second kappa shape index (κ2) is 5.60. The maximum absolute atomic E-state index is 9.20. The molecule has 1 nitrogen and oxygen atoms in total. The number of alkyl halides is 1. The van der Waals surface area contributed by atoms with Crippen LogP contribution in [0.2, 0.25) is 5.32 Å². The maximum atomic E-state index is 9.20. The molecule has 66 valence electrons. The molecule has 1 rings (SSSR count). The second-order valence-corrected chi connectivity index (χ2v) is 5.03. The first-order chi connectivity index (χ1) is 5.83. The molecule has 0 aliphatic carbocycles. The van der Waals surface area contributed by atoms with E-state index in [1.807, 2.05) is 18.2 Å². The summed E-state index contributed by atoms with van der Waals surface area (Å²) in [6.07, 6.45) is -0.341. The van der Waals surface area contributed by atoms with Gasteiger partial charge < -0.3 is 0 Å². The Morgan fingerprint density at radius 3 is 2.58 bits per heavy atom. The van der Waals surface area contributed by atoms with Gasteiger partial charge in [0.25, 0.3) is 0 Å². The Labute approximate surface area is 83.9 Å². The average Bonchev–Trinajstić information content (AvgIpc) is 2.16. The van der Waals surface area contributed by atoms with Gasteiger partial charge in [0.05, 0.1) is 0 Å². The molecule has 1 N–H and O–H groups in total. The number of rotatable bonds is 4. The van der Waals surface area contributed by atoms with Gasteiger partial charge in [0.2, 0.25) is 0 Å². The van der Waals surface area contributed by atoms with E-state index < -0.39 is 0 Å². The third-order valence-electron chi connectivity index (χ3n) is 1.36. The van der Waals surface area contributed by atoms with Gasteiger partial charge in [-0.05, 0) is 0 Å². The Kier molecular flexibility index (Phi) is 4.70. The van der Waals surface area contributed by atoms with E-state index in [1.165, 1.54) is 4.46 Å². The van der Waals surface area contributed by atoms with Crippen LogP contribution in [0.5, 0.6) is 0 Å². The van der Waals surface area contributed by atoms with Crippen LogP contribution < -0.4 is 4.46 Å². The van der Waals surface area contributed by atoms with E-state index in [0.29, 0.717) is 20.8 Å². The molecule has 1 aromatic rings. The Morgan fingerprint density at radius 2 is 2.00 bits per heavy atom. The van der Waals surface area contributed by atoms with Gasteiger partial charge in [-0.2, -0.15) is 0 Å². The molecule has 0 aromatic heterocycles. The van der Waals surface area contributed by atoms with Crippen LogP contribution in [0.25, 0.3) is 0 Å². The summed E-state index contributed by atoms with van der Waals surface area (Å²) < 4.78 is 1.31. The van der Waals surface area contributed by atoms with Gasteiger partial charge in [0.1, 0.15) is 0 Å². The topological polar surface area (TPSA) is 20.2 Å². The van der Waals surface area contributed by atoms with E-state index in [4.69, 9.17) is 11.6 Å². The summed E-state index contributed by atoms with van der Waals surface area (Å²) in [5.41, 5.74) is 0. The van der Waals surface area contributed by atoms with Crippen molar-refractivity contribution in [2.24, 2.45) is 0 Å². The molecule has 12 heavy (non-hydrogen) atoms. The van der Waals surface area contributed by atoms with Crippen LogP contribution in [-0.2, 0) is 0 Å². The van der Waals surface area contributed by atoms with Crippen LogP contribution in [0, 0.1) is 0 Å². The van der Waals surface area contributed by atoms with Crippen molar-refractivity contribution in [1.29, 1.82) is 0 Å². The summed E-state index contributed by atoms with van der Waals surface area (Å²) >= 11 is 5.83. The Balaban J connectivity index is 2.33. The van der Waals surface area contributed by atoms with Gasteiger partial charge in [-0.3, -0.25) is 0 Å². The standard InChI is InChI=1S/C9H11ClOSe/c10-6-8(11)7-12-9-4-2-1-3-5-9/h1-5,8,11H,6-7H2/t8-/m1/s1. The molecule has 0 radical (unpaired) electrons. The summed E-state index contributed by atoms with van der Waals surface area (Å²) in [5.74, 6) is 0.342. The number of aliphatic hydroxyl groups is 1. The van der Waals surface area contributed by atoms with Gasteiger partial charge in [-0.25, -0.2) is 0 Å². The van der Waals surface area contributed by atoms with Crippen molar-refractivity contribution >= 4 is 31.0 Å². The van der Waals surface area contributed by atoms with Crippen LogP contribution >= 0.6 is 11.6 Å². The van der Waals surface area contributed by atoms with E-state index >= 15 is 0 Å². The monoisotopic (exact) mass is 250 g/mol. The Morgan fingerprint density at radius 1 is 1.33 bits per heavy atom. The van der Waals surface area contributed by atoms with E-state index in [-0.39, 0.29) is 6.10 Å². The molecule has 0 bridgehead atoms. The van der Waals surface area contributed by atoms with Crippen molar-refractivity contribution in [1.82, 2.24) is 0 Å². The third kappa shape index (κ3) is 3.59.